The molecule has 0 radical (unpaired) electrons. The molecule has 27 heavy (non-hydrogen) atoms. The molecule has 0 spiro atoms. The van der Waals surface area contributed by atoms with Gasteiger partial charge in [0.2, 0.25) is 9.84 Å². The van der Waals surface area contributed by atoms with Crippen molar-refractivity contribution in [3.8, 4) is 5.75 Å². The Balaban J connectivity index is 1.65. The second-order valence-corrected chi connectivity index (χ2v) is 9.20. The van der Waals surface area contributed by atoms with E-state index in [1.165, 1.54) is 0 Å². The summed E-state index contributed by atoms with van der Waals surface area (Å²) < 4.78 is 37.1. The summed E-state index contributed by atoms with van der Waals surface area (Å²) >= 11 is 0. The second-order valence-electron chi connectivity index (χ2n) is 7.25. The third-order valence-electron chi connectivity index (χ3n) is 5.21. The van der Waals surface area contributed by atoms with E-state index >= 15 is 0 Å². The zero-order chi connectivity index (χ0) is 19.3. The SMILES string of the molecule is COC1CCCC(Oc2ccc(S(=O)(=O)c3ccc(C)cc3)cc2)CCC1. The van der Waals surface area contributed by atoms with E-state index in [2.05, 4.69) is 0 Å². The lowest BCUT2D eigenvalue weighted by molar-refractivity contribution is 0.0643. The van der Waals surface area contributed by atoms with Gasteiger partial charge in [0, 0.05) is 7.11 Å². The Labute approximate surface area is 162 Å². The number of hydrogen-bond donors (Lipinski definition) is 0. The molecule has 2 aromatic carbocycles. The van der Waals surface area contributed by atoms with Crippen LogP contribution in [0.1, 0.15) is 44.1 Å². The average Bonchev–Trinajstić information content (AvgIpc) is 2.64. The standard InChI is InChI=1S/C22H28O4S/c1-17-9-13-21(14-10-17)27(23,24)22-15-11-20(12-16-22)26-19-7-3-5-18(25-2)6-4-8-19/h9-16,18-19H,3-8H2,1-2H3. The first-order chi connectivity index (χ1) is 13.0. The van der Waals surface area contributed by atoms with Crippen molar-refractivity contribution in [2.45, 2.75) is 67.4 Å². The molecule has 146 valence electrons. The van der Waals surface area contributed by atoms with Gasteiger partial charge in [0.15, 0.2) is 0 Å². The van der Waals surface area contributed by atoms with Gasteiger partial charge in [-0.2, -0.15) is 0 Å². The van der Waals surface area contributed by atoms with E-state index in [9.17, 15) is 8.42 Å². The van der Waals surface area contributed by atoms with Crippen LogP contribution in [0.2, 0.25) is 0 Å². The molecule has 3 rings (SSSR count). The summed E-state index contributed by atoms with van der Waals surface area (Å²) in [7, 11) is -1.71. The molecular weight excluding hydrogens is 360 g/mol. The van der Waals surface area contributed by atoms with Crippen LogP contribution in [-0.2, 0) is 14.6 Å². The number of sulfone groups is 1. The Morgan fingerprint density at radius 3 is 1.78 bits per heavy atom. The third kappa shape index (κ3) is 5.11. The maximum Gasteiger partial charge on any atom is 0.206 e. The van der Waals surface area contributed by atoms with E-state index in [4.69, 9.17) is 9.47 Å². The quantitative estimate of drug-likeness (QED) is 0.728. The molecule has 0 atom stereocenters. The molecule has 5 heteroatoms. The van der Waals surface area contributed by atoms with Crippen LogP contribution in [-0.4, -0.2) is 27.7 Å². The molecule has 1 aliphatic rings. The van der Waals surface area contributed by atoms with Crippen molar-refractivity contribution in [3.63, 3.8) is 0 Å². The molecule has 0 saturated heterocycles. The normalized spacial score (nSPS) is 21.3. The minimum Gasteiger partial charge on any atom is -0.490 e. The van der Waals surface area contributed by atoms with E-state index in [0.717, 1.165) is 49.8 Å². The van der Waals surface area contributed by atoms with Crippen molar-refractivity contribution >= 4 is 9.84 Å². The molecule has 0 unspecified atom stereocenters. The van der Waals surface area contributed by atoms with Crippen LogP contribution in [0.5, 0.6) is 5.75 Å². The fourth-order valence-electron chi connectivity index (χ4n) is 3.53. The first-order valence-corrected chi connectivity index (χ1v) is 11.1. The minimum absolute atomic E-state index is 0.183. The summed E-state index contributed by atoms with van der Waals surface area (Å²) in [6.45, 7) is 1.94. The summed E-state index contributed by atoms with van der Waals surface area (Å²) in [4.78, 5) is 0.605. The van der Waals surface area contributed by atoms with Crippen molar-refractivity contribution in [1.29, 1.82) is 0 Å². The molecular formula is C22H28O4S. The average molecular weight is 389 g/mol. The van der Waals surface area contributed by atoms with E-state index in [-0.39, 0.29) is 6.10 Å². The van der Waals surface area contributed by atoms with E-state index in [1.807, 2.05) is 19.1 Å². The second kappa shape index (κ2) is 8.89. The molecule has 4 nitrogen and oxygen atoms in total. The summed E-state index contributed by atoms with van der Waals surface area (Å²) in [6, 6.07) is 13.7. The van der Waals surface area contributed by atoms with Crippen LogP contribution in [0.15, 0.2) is 58.3 Å². The molecule has 0 aliphatic heterocycles. The maximum absolute atomic E-state index is 12.7. The highest BCUT2D eigenvalue weighted by Crippen LogP contribution is 2.26. The molecule has 0 amide bonds. The molecule has 0 N–H and O–H groups in total. The van der Waals surface area contributed by atoms with Gasteiger partial charge in [-0.15, -0.1) is 0 Å². The Morgan fingerprint density at radius 1 is 0.778 bits per heavy atom. The Morgan fingerprint density at radius 2 is 1.26 bits per heavy atom. The van der Waals surface area contributed by atoms with Crippen LogP contribution in [0, 0.1) is 6.92 Å². The number of methoxy groups -OCH3 is 1. The minimum atomic E-state index is -3.49. The molecule has 0 bridgehead atoms. The predicted octanol–water partition coefficient (Wildman–Crippen LogP) is 4.94. The lowest BCUT2D eigenvalue weighted by atomic mass is 9.96. The molecule has 1 saturated carbocycles. The van der Waals surface area contributed by atoms with Crippen molar-refractivity contribution in [3.05, 3.63) is 54.1 Å². The van der Waals surface area contributed by atoms with Gasteiger partial charge in [0.1, 0.15) is 5.75 Å². The first kappa shape index (κ1) is 19.9. The number of ether oxygens (including phenoxy) is 2. The Hall–Kier alpha value is -1.85. The fourth-order valence-corrected chi connectivity index (χ4v) is 4.79. The highest BCUT2D eigenvalue weighted by Gasteiger charge is 2.19. The van der Waals surface area contributed by atoms with Gasteiger partial charge in [-0.25, -0.2) is 8.42 Å². The van der Waals surface area contributed by atoms with Gasteiger partial charge < -0.3 is 9.47 Å². The van der Waals surface area contributed by atoms with Gasteiger partial charge in [-0.05, 0) is 81.8 Å². The third-order valence-corrected chi connectivity index (χ3v) is 6.99. The first-order valence-electron chi connectivity index (χ1n) is 9.60. The van der Waals surface area contributed by atoms with E-state index < -0.39 is 9.84 Å². The topological polar surface area (TPSA) is 52.6 Å². The molecule has 0 aromatic heterocycles. The summed E-state index contributed by atoms with van der Waals surface area (Å²) in [5.41, 5.74) is 1.04. The zero-order valence-electron chi connectivity index (χ0n) is 16.1. The number of hydrogen-bond acceptors (Lipinski definition) is 4. The number of aryl methyl sites for hydroxylation is 1. The molecule has 1 fully saturated rings. The smallest absolute Gasteiger partial charge is 0.206 e. The Bertz CT molecular complexity index is 816. The summed E-state index contributed by atoms with van der Waals surface area (Å²) in [6.07, 6.45) is 6.88. The van der Waals surface area contributed by atoms with Crippen LogP contribution < -0.4 is 4.74 Å². The summed E-state index contributed by atoms with van der Waals surface area (Å²) in [5, 5.41) is 0. The number of rotatable bonds is 5. The van der Waals surface area contributed by atoms with Crippen molar-refractivity contribution in [2.24, 2.45) is 0 Å². The van der Waals surface area contributed by atoms with E-state index in [1.54, 1.807) is 43.5 Å². The largest absolute Gasteiger partial charge is 0.490 e. The monoisotopic (exact) mass is 388 g/mol. The van der Waals surface area contributed by atoms with Crippen molar-refractivity contribution < 1.29 is 17.9 Å². The Kier molecular flexibility index (Phi) is 6.55. The zero-order valence-corrected chi connectivity index (χ0v) is 16.9. The highest BCUT2D eigenvalue weighted by molar-refractivity contribution is 7.91. The maximum atomic E-state index is 12.7. The van der Waals surface area contributed by atoms with Crippen LogP contribution in [0.25, 0.3) is 0 Å². The van der Waals surface area contributed by atoms with Gasteiger partial charge in [0.25, 0.3) is 0 Å². The van der Waals surface area contributed by atoms with Crippen LogP contribution in [0.3, 0.4) is 0 Å². The van der Waals surface area contributed by atoms with Crippen molar-refractivity contribution in [1.82, 2.24) is 0 Å². The summed E-state index contributed by atoms with van der Waals surface area (Å²) in [5.74, 6) is 0.728. The van der Waals surface area contributed by atoms with Crippen molar-refractivity contribution in [2.75, 3.05) is 7.11 Å². The van der Waals surface area contributed by atoms with Crippen LogP contribution >= 0.6 is 0 Å². The van der Waals surface area contributed by atoms with Gasteiger partial charge in [0.05, 0.1) is 22.0 Å². The van der Waals surface area contributed by atoms with E-state index in [0.29, 0.717) is 15.9 Å². The fraction of sp³-hybridized carbons (Fsp3) is 0.455. The highest BCUT2D eigenvalue weighted by atomic mass is 32.2. The lowest BCUT2D eigenvalue weighted by Gasteiger charge is -2.24. The van der Waals surface area contributed by atoms with Gasteiger partial charge >= 0.3 is 0 Å². The van der Waals surface area contributed by atoms with Gasteiger partial charge in [-0.3, -0.25) is 0 Å². The molecule has 2 aromatic rings. The molecule has 1 aliphatic carbocycles. The molecule has 0 heterocycles. The van der Waals surface area contributed by atoms with Crippen LogP contribution in [0.4, 0.5) is 0 Å². The lowest BCUT2D eigenvalue weighted by Crippen LogP contribution is -2.22. The number of benzene rings is 2. The predicted molar refractivity (Wildman–Crippen MR) is 106 cm³/mol. The van der Waals surface area contributed by atoms with Gasteiger partial charge in [-0.1, -0.05) is 17.7 Å².